The number of carbonyl (C=O) groups is 1. The maximum Gasteiger partial charge on any atom is 0.252 e. The zero-order valence-electron chi connectivity index (χ0n) is 10.7. The van der Waals surface area contributed by atoms with Gasteiger partial charge in [-0.05, 0) is 53.7 Å². The Morgan fingerprint density at radius 2 is 2.22 bits per heavy atom. The summed E-state index contributed by atoms with van der Waals surface area (Å²) in [6, 6.07) is 5.85. The van der Waals surface area contributed by atoms with E-state index in [9.17, 15) is 4.79 Å². The minimum Gasteiger partial charge on any atom is -0.379 e. The van der Waals surface area contributed by atoms with Crippen molar-refractivity contribution in [2.45, 2.75) is 38.3 Å². The number of hydrogen-bond donors (Lipinski definition) is 1. The number of halogens is 1. The van der Waals surface area contributed by atoms with E-state index in [0.717, 1.165) is 29.3 Å². The Morgan fingerprint density at radius 1 is 1.44 bits per heavy atom. The summed E-state index contributed by atoms with van der Waals surface area (Å²) in [5.74, 6) is -0.0282. The summed E-state index contributed by atoms with van der Waals surface area (Å²) in [6.07, 6.45) is 3.28. The van der Waals surface area contributed by atoms with Gasteiger partial charge in [-0.1, -0.05) is 12.1 Å². The van der Waals surface area contributed by atoms with Crippen molar-refractivity contribution in [2.75, 3.05) is 7.11 Å². The lowest BCUT2D eigenvalue weighted by Gasteiger charge is -2.20. The van der Waals surface area contributed by atoms with Gasteiger partial charge < -0.3 is 10.1 Å². The van der Waals surface area contributed by atoms with E-state index in [4.69, 9.17) is 4.74 Å². The van der Waals surface area contributed by atoms with Crippen LogP contribution in [0.2, 0.25) is 0 Å². The molecule has 0 saturated heterocycles. The number of methoxy groups -OCH3 is 1. The van der Waals surface area contributed by atoms with Crippen molar-refractivity contribution in [3.05, 3.63) is 33.8 Å². The number of nitrogens with one attached hydrogen (secondary N) is 1. The predicted molar refractivity (Wildman–Crippen MR) is 74.8 cm³/mol. The van der Waals surface area contributed by atoms with Crippen molar-refractivity contribution in [3.63, 3.8) is 0 Å². The molecule has 0 aliphatic heterocycles. The van der Waals surface area contributed by atoms with E-state index in [0.29, 0.717) is 5.56 Å². The molecule has 18 heavy (non-hydrogen) atoms. The lowest BCUT2D eigenvalue weighted by molar-refractivity contribution is 0.0721. The molecule has 2 unspecified atom stereocenters. The van der Waals surface area contributed by atoms with E-state index >= 15 is 0 Å². The molecule has 1 N–H and O–H groups in total. The number of carbonyl (C=O) groups excluding carboxylic acids is 1. The van der Waals surface area contributed by atoms with Crippen LogP contribution < -0.4 is 5.32 Å². The molecule has 0 bridgehead atoms. The highest BCUT2D eigenvalue weighted by Crippen LogP contribution is 2.24. The van der Waals surface area contributed by atoms with Crippen LogP contribution in [0.15, 0.2) is 22.7 Å². The van der Waals surface area contributed by atoms with Crippen molar-refractivity contribution < 1.29 is 9.53 Å². The van der Waals surface area contributed by atoms with Gasteiger partial charge in [0.2, 0.25) is 0 Å². The van der Waals surface area contributed by atoms with Crippen LogP contribution in [0, 0.1) is 6.92 Å². The zero-order valence-corrected chi connectivity index (χ0v) is 12.3. The smallest absolute Gasteiger partial charge is 0.252 e. The molecule has 1 aliphatic rings. The Labute approximate surface area is 116 Å². The molecule has 1 amide bonds. The topological polar surface area (TPSA) is 38.3 Å². The standard InChI is InChI=1S/C14H18BrNO2/c1-9-5-3-6-10(13(9)15)14(17)16-11-7-4-8-12(11)18-2/h3,5-6,11-12H,4,7-8H2,1-2H3,(H,16,17). The minimum absolute atomic E-state index is 0.0282. The first-order chi connectivity index (χ1) is 8.63. The summed E-state index contributed by atoms with van der Waals surface area (Å²) in [6.45, 7) is 1.98. The number of benzene rings is 1. The first-order valence-corrected chi connectivity index (χ1v) is 7.01. The summed E-state index contributed by atoms with van der Waals surface area (Å²) in [5.41, 5.74) is 1.76. The Hall–Kier alpha value is -0.870. The zero-order chi connectivity index (χ0) is 13.1. The van der Waals surface area contributed by atoms with Gasteiger partial charge in [-0.15, -0.1) is 0 Å². The second kappa shape index (κ2) is 5.85. The van der Waals surface area contributed by atoms with E-state index in [2.05, 4.69) is 21.2 Å². The summed E-state index contributed by atoms with van der Waals surface area (Å²) in [4.78, 5) is 12.2. The summed E-state index contributed by atoms with van der Waals surface area (Å²) in [5, 5.41) is 3.07. The molecular weight excluding hydrogens is 294 g/mol. The second-order valence-corrected chi connectivity index (χ2v) is 5.51. The lowest BCUT2D eigenvalue weighted by Crippen LogP contribution is -2.40. The molecular formula is C14H18BrNO2. The van der Waals surface area contributed by atoms with Gasteiger partial charge in [0.15, 0.2) is 0 Å². The largest absolute Gasteiger partial charge is 0.379 e. The number of rotatable bonds is 3. The van der Waals surface area contributed by atoms with Gasteiger partial charge in [0.25, 0.3) is 5.91 Å². The molecule has 0 heterocycles. The van der Waals surface area contributed by atoms with E-state index in [1.54, 1.807) is 7.11 Å². The normalized spacial score (nSPS) is 23.1. The Bertz CT molecular complexity index is 447. The maximum atomic E-state index is 12.2. The van der Waals surface area contributed by atoms with Gasteiger partial charge in [-0.3, -0.25) is 4.79 Å². The molecule has 1 aliphatic carbocycles. The SMILES string of the molecule is COC1CCCC1NC(=O)c1cccc(C)c1Br. The third kappa shape index (κ3) is 2.75. The Kier molecular flexibility index (Phi) is 4.40. The van der Waals surface area contributed by atoms with E-state index in [1.165, 1.54) is 0 Å². The van der Waals surface area contributed by atoms with Gasteiger partial charge in [0.1, 0.15) is 0 Å². The van der Waals surface area contributed by atoms with Gasteiger partial charge in [0.05, 0.1) is 17.7 Å². The van der Waals surface area contributed by atoms with Crippen LogP contribution in [0.25, 0.3) is 0 Å². The fourth-order valence-electron chi connectivity index (χ4n) is 2.44. The second-order valence-electron chi connectivity index (χ2n) is 4.72. The molecule has 4 heteroatoms. The summed E-state index contributed by atoms with van der Waals surface area (Å²) in [7, 11) is 1.71. The lowest BCUT2D eigenvalue weighted by atomic mass is 10.1. The molecule has 1 saturated carbocycles. The third-order valence-electron chi connectivity index (χ3n) is 3.51. The maximum absolute atomic E-state index is 12.2. The van der Waals surface area contributed by atoms with Crippen molar-refractivity contribution in [3.8, 4) is 0 Å². The highest BCUT2D eigenvalue weighted by Gasteiger charge is 2.29. The predicted octanol–water partition coefficient (Wildman–Crippen LogP) is 3.05. The average molecular weight is 312 g/mol. The van der Waals surface area contributed by atoms with Crippen LogP contribution in [0.3, 0.4) is 0 Å². The van der Waals surface area contributed by atoms with Gasteiger partial charge in [-0.2, -0.15) is 0 Å². The van der Waals surface area contributed by atoms with Crippen LogP contribution in [-0.2, 0) is 4.74 Å². The van der Waals surface area contributed by atoms with E-state index in [1.807, 2.05) is 25.1 Å². The van der Waals surface area contributed by atoms with Crippen LogP contribution in [0.5, 0.6) is 0 Å². The van der Waals surface area contributed by atoms with Crippen LogP contribution in [0.1, 0.15) is 35.2 Å². The molecule has 0 radical (unpaired) electrons. The molecule has 0 aromatic heterocycles. The van der Waals surface area contributed by atoms with Crippen molar-refractivity contribution in [1.29, 1.82) is 0 Å². The molecule has 2 atom stereocenters. The number of hydrogen-bond acceptors (Lipinski definition) is 2. The fourth-order valence-corrected chi connectivity index (χ4v) is 2.89. The summed E-state index contributed by atoms with van der Waals surface area (Å²) < 4.78 is 6.26. The third-order valence-corrected chi connectivity index (χ3v) is 4.56. The minimum atomic E-state index is -0.0282. The average Bonchev–Trinajstić information content (AvgIpc) is 2.79. The highest BCUT2D eigenvalue weighted by atomic mass is 79.9. The van der Waals surface area contributed by atoms with Gasteiger partial charge in [0, 0.05) is 11.6 Å². The first-order valence-electron chi connectivity index (χ1n) is 6.22. The molecule has 2 rings (SSSR count). The van der Waals surface area contributed by atoms with Gasteiger partial charge >= 0.3 is 0 Å². The summed E-state index contributed by atoms with van der Waals surface area (Å²) >= 11 is 3.47. The van der Waals surface area contributed by atoms with E-state index in [-0.39, 0.29) is 18.1 Å². The molecule has 1 aromatic carbocycles. The van der Waals surface area contributed by atoms with Crippen LogP contribution in [0.4, 0.5) is 0 Å². The highest BCUT2D eigenvalue weighted by molar-refractivity contribution is 9.10. The van der Waals surface area contributed by atoms with Crippen molar-refractivity contribution in [1.82, 2.24) is 5.32 Å². The monoisotopic (exact) mass is 311 g/mol. The first kappa shape index (κ1) is 13.6. The quantitative estimate of drug-likeness (QED) is 0.931. The Balaban J connectivity index is 2.10. The molecule has 3 nitrogen and oxygen atoms in total. The molecule has 1 fully saturated rings. The van der Waals surface area contributed by atoms with Gasteiger partial charge in [-0.25, -0.2) is 0 Å². The number of amides is 1. The molecule has 98 valence electrons. The fraction of sp³-hybridized carbons (Fsp3) is 0.500. The number of ether oxygens (including phenoxy) is 1. The van der Waals surface area contributed by atoms with Crippen LogP contribution >= 0.6 is 15.9 Å². The molecule has 1 aromatic rings. The van der Waals surface area contributed by atoms with E-state index < -0.39 is 0 Å². The van der Waals surface area contributed by atoms with Crippen molar-refractivity contribution in [2.24, 2.45) is 0 Å². The Morgan fingerprint density at radius 3 is 2.94 bits per heavy atom. The number of aryl methyl sites for hydroxylation is 1. The molecule has 0 spiro atoms. The van der Waals surface area contributed by atoms with Crippen LogP contribution in [-0.4, -0.2) is 25.2 Å². The van der Waals surface area contributed by atoms with Crippen molar-refractivity contribution >= 4 is 21.8 Å².